The Morgan fingerprint density at radius 1 is 1.35 bits per heavy atom. The second-order valence-corrected chi connectivity index (χ2v) is 5.69. The van der Waals surface area contributed by atoms with E-state index in [0.717, 1.165) is 10.9 Å². The number of carbonyl (C=O) groups excluding carboxylic acids is 1. The lowest BCUT2D eigenvalue weighted by atomic mass is 10.2. The minimum atomic E-state index is -0.236. The van der Waals surface area contributed by atoms with Crippen molar-refractivity contribution in [1.82, 2.24) is 19.9 Å². The second-order valence-electron chi connectivity index (χ2n) is 5.69. The number of methoxy groups -OCH3 is 2. The van der Waals surface area contributed by atoms with Crippen LogP contribution in [0.25, 0.3) is 21.9 Å². The Balaban J connectivity index is 1.98. The largest absolute Gasteiger partial charge is 0.493 e. The molecule has 0 fully saturated rings. The molecule has 2 N–H and O–H groups in total. The number of benzene rings is 1. The first-order valence-corrected chi connectivity index (χ1v) is 8.09. The van der Waals surface area contributed by atoms with Crippen molar-refractivity contribution in [3.05, 3.63) is 41.5 Å². The number of amides is 1. The predicted octanol–water partition coefficient (Wildman–Crippen LogP) is 1.59. The van der Waals surface area contributed by atoms with Gasteiger partial charge in [0.25, 0.3) is 5.56 Å². The summed E-state index contributed by atoms with van der Waals surface area (Å²) in [6, 6.07) is 3.55. The van der Waals surface area contributed by atoms with Crippen molar-refractivity contribution in [2.45, 2.75) is 13.0 Å². The molecule has 0 spiro atoms. The summed E-state index contributed by atoms with van der Waals surface area (Å²) in [7, 11) is 3.10. The average Bonchev–Trinajstić information content (AvgIpc) is 3.02. The third-order valence-electron chi connectivity index (χ3n) is 4.10. The monoisotopic (exact) mass is 356 g/mol. The Kier molecular flexibility index (Phi) is 4.92. The van der Waals surface area contributed by atoms with Crippen LogP contribution in [-0.4, -0.2) is 41.2 Å². The smallest absolute Gasteiger partial charge is 0.277 e. The summed E-state index contributed by atoms with van der Waals surface area (Å²) in [5.74, 6) is 0.972. The fourth-order valence-electron chi connectivity index (χ4n) is 2.77. The fourth-order valence-corrected chi connectivity index (χ4v) is 2.77. The number of nitrogens with zero attached hydrogens (tertiary/aromatic N) is 2. The van der Waals surface area contributed by atoms with Crippen molar-refractivity contribution < 1.29 is 14.3 Å². The Morgan fingerprint density at radius 3 is 2.77 bits per heavy atom. The van der Waals surface area contributed by atoms with Crippen LogP contribution in [0.15, 0.2) is 35.9 Å². The highest BCUT2D eigenvalue weighted by molar-refractivity contribution is 6.05. The molecule has 0 saturated heterocycles. The lowest BCUT2D eigenvalue weighted by molar-refractivity contribution is -0.121. The maximum Gasteiger partial charge on any atom is 0.277 e. The molecule has 0 bridgehead atoms. The van der Waals surface area contributed by atoms with Gasteiger partial charge in [-0.15, -0.1) is 6.58 Å². The van der Waals surface area contributed by atoms with Crippen molar-refractivity contribution in [3.63, 3.8) is 0 Å². The zero-order valence-electron chi connectivity index (χ0n) is 14.7. The van der Waals surface area contributed by atoms with Gasteiger partial charge in [-0.05, 0) is 6.07 Å². The summed E-state index contributed by atoms with van der Waals surface area (Å²) in [5.41, 5.74) is 1.42. The molecule has 26 heavy (non-hydrogen) atoms. The first-order chi connectivity index (χ1) is 12.6. The van der Waals surface area contributed by atoms with Gasteiger partial charge in [0.15, 0.2) is 11.5 Å². The van der Waals surface area contributed by atoms with E-state index in [-0.39, 0.29) is 24.4 Å². The molecule has 0 saturated carbocycles. The van der Waals surface area contributed by atoms with E-state index in [4.69, 9.17) is 9.47 Å². The van der Waals surface area contributed by atoms with Crippen LogP contribution in [0.4, 0.5) is 0 Å². The van der Waals surface area contributed by atoms with Crippen LogP contribution in [0.3, 0.4) is 0 Å². The van der Waals surface area contributed by atoms with Crippen molar-refractivity contribution in [2.24, 2.45) is 0 Å². The van der Waals surface area contributed by atoms with Crippen molar-refractivity contribution >= 4 is 27.8 Å². The highest BCUT2D eigenvalue weighted by Crippen LogP contribution is 2.34. The van der Waals surface area contributed by atoms with Crippen LogP contribution >= 0.6 is 0 Å². The van der Waals surface area contributed by atoms with E-state index in [9.17, 15) is 9.59 Å². The van der Waals surface area contributed by atoms with Crippen LogP contribution < -0.4 is 20.3 Å². The molecule has 1 aromatic carbocycles. The first-order valence-electron chi connectivity index (χ1n) is 8.09. The van der Waals surface area contributed by atoms with Crippen molar-refractivity contribution in [3.8, 4) is 11.5 Å². The molecule has 2 heterocycles. The summed E-state index contributed by atoms with van der Waals surface area (Å²) >= 11 is 0. The van der Waals surface area contributed by atoms with Crippen LogP contribution in [0.5, 0.6) is 11.5 Å². The number of rotatable bonds is 7. The molecular weight excluding hydrogens is 336 g/mol. The Hall–Kier alpha value is -3.29. The van der Waals surface area contributed by atoms with Gasteiger partial charge < -0.3 is 19.8 Å². The maximum absolute atomic E-state index is 12.7. The van der Waals surface area contributed by atoms with Gasteiger partial charge >= 0.3 is 0 Å². The summed E-state index contributed by atoms with van der Waals surface area (Å²) in [6.45, 7) is 4.18. The van der Waals surface area contributed by atoms with E-state index in [1.54, 1.807) is 32.4 Å². The van der Waals surface area contributed by atoms with Crippen LogP contribution in [0.2, 0.25) is 0 Å². The van der Waals surface area contributed by atoms with Crippen LogP contribution in [0.1, 0.15) is 6.42 Å². The number of aryl methyl sites for hydroxylation is 1. The Labute approximate surface area is 149 Å². The number of hydrogen-bond donors (Lipinski definition) is 2. The number of fused-ring (bicyclic) bond motifs is 3. The van der Waals surface area contributed by atoms with Gasteiger partial charge in [0.1, 0.15) is 11.0 Å². The summed E-state index contributed by atoms with van der Waals surface area (Å²) in [6.07, 6.45) is 3.24. The standard InChI is InChI=1S/C18H20N4O4/c1-4-6-19-15(23)5-7-22-10-20-16-11-8-13(25-2)14(26-3)9-12(11)21-17(16)18(22)24/h4,8-10,21H,1,5-7H2,2-3H3,(H,19,23). The molecule has 2 aromatic heterocycles. The molecule has 8 heteroatoms. The topological polar surface area (TPSA) is 98.2 Å². The summed E-state index contributed by atoms with van der Waals surface area (Å²) < 4.78 is 12.0. The minimum absolute atomic E-state index is 0.150. The van der Waals surface area contributed by atoms with Crippen LogP contribution in [0, 0.1) is 0 Å². The van der Waals surface area contributed by atoms with E-state index in [2.05, 4.69) is 21.9 Å². The van der Waals surface area contributed by atoms with Gasteiger partial charge in [0.05, 0.1) is 26.1 Å². The van der Waals surface area contributed by atoms with Gasteiger partial charge in [-0.2, -0.15) is 0 Å². The lowest BCUT2D eigenvalue weighted by Gasteiger charge is -2.07. The number of aromatic amines is 1. The number of ether oxygens (including phenoxy) is 2. The van der Waals surface area contributed by atoms with Crippen molar-refractivity contribution in [2.75, 3.05) is 20.8 Å². The number of nitrogens with one attached hydrogen (secondary N) is 2. The molecule has 0 radical (unpaired) electrons. The third kappa shape index (κ3) is 3.13. The lowest BCUT2D eigenvalue weighted by Crippen LogP contribution is -2.27. The van der Waals surface area contributed by atoms with Crippen LogP contribution in [-0.2, 0) is 11.3 Å². The van der Waals surface area contributed by atoms with Gasteiger partial charge in [-0.3, -0.25) is 14.2 Å². The molecule has 3 aromatic rings. The Bertz CT molecular complexity index is 1040. The van der Waals surface area contributed by atoms with E-state index in [0.29, 0.717) is 29.1 Å². The van der Waals surface area contributed by atoms with Gasteiger partial charge in [-0.25, -0.2) is 4.98 Å². The molecule has 0 aliphatic carbocycles. The van der Waals surface area contributed by atoms with E-state index >= 15 is 0 Å². The molecule has 1 amide bonds. The second kappa shape index (κ2) is 7.30. The normalized spacial score (nSPS) is 10.8. The SMILES string of the molecule is C=CCNC(=O)CCn1cnc2c([nH]c3cc(OC)c(OC)cc32)c1=O. The molecule has 3 rings (SSSR count). The maximum atomic E-state index is 12.7. The van der Waals surface area contributed by atoms with Gasteiger partial charge in [0.2, 0.25) is 5.91 Å². The van der Waals surface area contributed by atoms with E-state index in [1.165, 1.54) is 10.9 Å². The highest BCUT2D eigenvalue weighted by Gasteiger charge is 2.15. The van der Waals surface area contributed by atoms with E-state index < -0.39 is 0 Å². The van der Waals surface area contributed by atoms with Gasteiger partial charge in [0, 0.05) is 31.0 Å². The molecule has 0 atom stereocenters. The number of hydrogen-bond acceptors (Lipinski definition) is 5. The molecule has 136 valence electrons. The quantitative estimate of drug-likeness (QED) is 0.627. The number of H-pyrrole nitrogens is 1. The predicted molar refractivity (Wildman–Crippen MR) is 98.8 cm³/mol. The molecule has 0 aliphatic rings. The highest BCUT2D eigenvalue weighted by atomic mass is 16.5. The van der Waals surface area contributed by atoms with E-state index in [1.807, 2.05) is 0 Å². The third-order valence-corrected chi connectivity index (χ3v) is 4.10. The van der Waals surface area contributed by atoms with Crippen molar-refractivity contribution in [1.29, 1.82) is 0 Å². The summed E-state index contributed by atoms with van der Waals surface area (Å²) in [5, 5.41) is 3.45. The molecule has 0 unspecified atom stereocenters. The number of aromatic nitrogens is 3. The first kappa shape index (κ1) is 17.5. The molecule has 0 aliphatic heterocycles. The summed E-state index contributed by atoms with van der Waals surface area (Å²) in [4.78, 5) is 31.9. The average molecular weight is 356 g/mol. The minimum Gasteiger partial charge on any atom is -0.493 e. The molecular formula is C18H20N4O4. The molecule has 8 nitrogen and oxygen atoms in total. The number of carbonyl (C=O) groups is 1. The Morgan fingerprint density at radius 2 is 2.08 bits per heavy atom. The van der Waals surface area contributed by atoms with Gasteiger partial charge in [-0.1, -0.05) is 6.08 Å². The zero-order valence-corrected chi connectivity index (χ0v) is 14.7. The fraction of sp³-hybridized carbons (Fsp3) is 0.278. The zero-order chi connectivity index (χ0) is 18.7.